The van der Waals surface area contributed by atoms with Crippen molar-refractivity contribution in [1.82, 2.24) is 4.90 Å². The molecule has 1 N–H and O–H groups in total. The molecule has 0 saturated heterocycles. The van der Waals surface area contributed by atoms with Crippen LogP contribution in [0.3, 0.4) is 0 Å². The Hall–Kier alpha value is -3.08. The number of rotatable bonds is 7. The van der Waals surface area contributed by atoms with Gasteiger partial charge in [0, 0.05) is 32.2 Å². The zero-order chi connectivity index (χ0) is 22.7. The van der Waals surface area contributed by atoms with Crippen molar-refractivity contribution in [2.75, 3.05) is 19.0 Å². The maximum absolute atomic E-state index is 13.4. The Labute approximate surface area is 190 Å². The summed E-state index contributed by atoms with van der Waals surface area (Å²) in [6, 6.07) is 17.3. The van der Waals surface area contributed by atoms with Gasteiger partial charge < -0.3 is 14.9 Å². The van der Waals surface area contributed by atoms with Gasteiger partial charge in [-0.15, -0.1) is 0 Å². The third-order valence-corrected chi connectivity index (χ3v) is 6.72. The maximum Gasteiger partial charge on any atom is 0.290 e. The Bertz CT molecular complexity index is 989. The summed E-state index contributed by atoms with van der Waals surface area (Å²) in [5.41, 5.74) is 3.25. The van der Waals surface area contributed by atoms with Crippen molar-refractivity contribution in [3.8, 4) is 0 Å². The van der Waals surface area contributed by atoms with Crippen molar-refractivity contribution in [1.29, 1.82) is 0 Å². The van der Waals surface area contributed by atoms with Crippen molar-refractivity contribution in [3.05, 3.63) is 77.1 Å². The number of Topliss-reactive ketones (excluding diaryl/α,β-unsaturated/α-hetero) is 1. The van der Waals surface area contributed by atoms with Crippen LogP contribution in [0, 0.1) is 0 Å². The normalized spacial score (nSPS) is 19.5. The Kier molecular flexibility index (Phi) is 6.63. The van der Waals surface area contributed by atoms with Gasteiger partial charge in [-0.25, -0.2) is 0 Å². The zero-order valence-corrected chi connectivity index (χ0v) is 19.0. The highest BCUT2D eigenvalue weighted by atomic mass is 16.3. The summed E-state index contributed by atoms with van der Waals surface area (Å²) in [5, 5.41) is 10.9. The molecule has 1 heterocycles. The van der Waals surface area contributed by atoms with Crippen LogP contribution in [0.5, 0.6) is 0 Å². The Morgan fingerprint density at radius 3 is 2.28 bits per heavy atom. The van der Waals surface area contributed by atoms with E-state index >= 15 is 0 Å². The first kappa shape index (κ1) is 22.1. The number of hydrogen-bond acceptors (Lipinski definition) is 4. The number of carbonyl (C=O) groups excluding carboxylic acids is 2. The second-order valence-electron chi connectivity index (χ2n) is 9.06. The maximum atomic E-state index is 13.4. The molecule has 4 rings (SSSR count). The predicted molar refractivity (Wildman–Crippen MR) is 127 cm³/mol. The second kappa shape index (κ2) is 9.60. The number of hydrogen-bond donors (Lipinski definition) is 1. The van der Waals surface area contributed by atoms with Crippen LogP contribution in [-0.2, 0) is 16.0 Å². The van der Waals surface area contributed by atoms with Crippen LogP contribution in [-0.4, -0.2) is 41.8 Å². The fourth-order valence-electron chi connectivity index (χ4n) is 4.96. The lowest BCUT2D eigenvalue weighted by Gasteiger charge is -2.36. The molecular weight excluding hydrogens is 400 g/mol. The molecule has 5 nitrogen and oxygen atoms in total. The van der Waals surface area contributed by atoms with Gasteiger partial charge in [-0.1, -0.05) is 61.7 Å². The predicted octanol–water partition coefficient (Wildman–Crippen LogP) is 4.98. The molecule has 0 aromatic heterocycles. The summed E-state index contributed by atoms with van der Waals surface area (Å²) < 4.78 is 0. The number of benzene rings is 2. The number of amides is 1. The van der Waals surface area contributed by atoms with Gasteiger partial charge >= 0.3 is 0 Å². The van der Waals surface area contributed by atoms with E-state index in [2.05, 4.69) is 0 Å². The molecule has 1 unspecified atom stereocenters. The lowest BCUT2D eigenvalue weighted by molar-refractivity contribution is -0.132. The molecule has 2 aromatic rings. The second-order valence-corrected chi connectivity index (χ2v) is 9.06. The Balaban J connectivity index is 1.66. The van der Waals surface area contributed by atoms with Crippen LogP contribution in [0.4, 0.5) is 5.69 Å². The van der Waals surface area contributed by atoms with E-state index in [4.69, 9.17) is 0 Å². The number of aliphatic hydroxyl groups excluding tert-OH is 1. The topological polar surface area (TPSA) is 60.9 Å². The lowest BCUT2D eigenvalue weighted by Crippen LogP contribution is -2.41. The first-order valence-electron chi connectivity index (χ1n) is 11.6. The molecule has 168 valence electrons. The fourth-order valence-corrected chi connectivity index (χ4v) is 4.96. The molecule has 1 atom stereocenters. The van der Waals surface area contributed by atoms with Crippen LogP contribution in [0.15, 0.2) is 65.9 Å². The van der Waals surface area contributed by atoms with Crippen LogP contribution in [0.25, 0.3) is 0 Å². The molecule has 2 aromatic carbocycles. The summed E-state index contributed by atoms with van der Waals surface area (Å²) in [4.78, 5) is 30.4. The molecule has 1 aliphatic carbocycles. The molecule has 5 heteroatoms. The first-order chi connectivity index (χ1) is 15.5. The average Bonchev–Trinajstić information content (AvgIpc) is 3.09. The number of aryl methyl sites for hydroxylation is 1. The van der Waals surface area contributed by atoms with Gasteiger partial charge in [0.1, 0.15) is 0 Å². The minimum absolute atomic E-state index is 0.0522. The van der Waals surface area contributed by atoms with Gasteiger partial charge in [0.05, 0.1) is 11.6 Å². The van der Waals surface area contributed by atoms with Crippen molar-refractivity contribution in [2.45, 2.75) is 57.0 Å². The van der Waals surface area contributed by atoms with E-state index in [9.17, 15) is 14.7 Å². The molecule has 0 radical (unpaired) electrons. The van der Waals surface area contributed by atoms with E-state index in [1.54, 1.807) is 4.90 Å². The number of ketones is 1. The molecule has 1 saturated carbocycles. The Morgan fingerprint density at radius 1 is 1.00 bits per heavy atom. The van der Waals surface area contributed by atoms with Gasteiger partial charge in [0.2, 0.25) is 0 Å². The number of carbonyl (C=O) groups is 2. The molecular formula is C27H32N2O3. The van der Waals surface area contributed by atoms with Gasteiger partial charge in [-0.2, -0.15) is 0 Å². The van der Waals surface area contributed by atoms with Crippen LogP contribution in [0.2, 0.25) is 0 Å². The number of anilines is 1. The van der Waals surface area contributed by atoms with E-state index in [0.717, 1.165) is 42.5 Å². The summed E-state index contributed by atoms with van der Waals surface area (Å²) >= 11 is 0. The van der Waals surface area contributed by atoms with Gasteiger partial charge in [0.15, 0.2) is 11.5 Å². The summed E-state index contributed by atoms with van der Waals surface area (Å²) in [5.74, 6) is -0.920. The quantitative estimate of drug-likeness (QED) is 0.670. The molecule has 1 amide bonds. The van der Waals surface area contributed by atoms with Gasteiger partial charge in [-0.05, 0) is 42.5 Å². The van der Waals surface area contributed by atoms with Gasteiger partial charge in [0.25, 0.3) is 5.91 Å². The van der Waals surface area contributed by atoms with Crippen molar-refractivity contribution in [2.24, 2.45) is 0 Å². The highest BCUT2D eigenvalue weighted by molar-refractivity contribution is 6.09. The van der Waals surface area contributed by atoms with E-state index in [0.29, 0.717) is 6.42 Å². The average molecular weight is 433 g/mol. The van der Waals surface area contributed by atoms with E-state index in [1.807, 2.05) is 73.6 Å². The fraction of sp³-hybridized carbons (Fsp3) is 0.407. The minimum Gasteiger partial charge on any atom is -0.503 e. The highest BCUT2D eigenvalue weighted by Crippen LogP contribution is 2.42. The molecule has 0 spiro atoms. The standard InChI is InChI=1S/C27H32N2O3/c1-28(2)21-16-14-20(15-17-21)25-24(23(30)18-13-19-9-5-3-6-10-19)26(31)27(32)29(25)22-11-7-4-8-12-22/h3,5-6,9-10,14-17,22,25,31H,4,7-8,11-13,18H2,1-2H3. The van der Waals surface area contributed by atoms with Gasteiger partial charge in [-0.3, -0.25) is 9.59 Å². The smallest absolute Gasteiger partial charge is 0.290 e. The molecule has 1 fully saturated rings. The van der Waals surface area contributed by atoms with Crippen molar-refractivity contribution in [3.63, 3.8) is 0 Å². The third kappa shape index (κ3) is 4.43. The minimum atomic E-state index is -0.523. The molecule has 32 heavy (non-hydrogen) atoms. The molecule has 2 aliphatic rings. The number of nitrogens with zero attached hydrogens (tertiary/aromatic N) is 2. The summed E-state index contributed by atoms with van der Waals surface area (Å²) in [6.45, 7) is 0. The lowest BCUT2D eigenvalue weighted by atomic mass is 9.89. The summed E-state index contributed by atoms with van der Waals surface area (Å²) in [7, 11) is 3.96. The molecule has 1 aliphatic heterocycles. The largest absolute Gasteiger partial charge is 0.503 e. The van der Waals surface area contributed by atoms with Crippen molar-refractivity contribution >= 4 is 17.4 Å². The number of aliphatic hydroxyl groups is 1. The Morgan fingerprint density at radius 2 is 1.66 bits per heavy atom. The first-order valence-corrected chi connectivity index (χ1v) is 11.6. The van der Waals surface area contributed by atoms with E-state index in [-0.39, 0.29) is 29.6 Å². The van der Waals surface area contributed by atoms with Crippen LogP contribution in [0.1, 0.15) is 55.7 Å². The molecule has 0 bridgehead atoms. The summed E-state index contributed by atoms with van der Waals surface area (Å²) in [6.07, 6.45) is 5.98. The van der Waals surface area contributed by atoms with E-state index < -0.39 is 11.9 Å². The zero-order valence-electron chi connectivity index (χ0n) is 19.0. The SMILES string of the molecule is CN(C)c1ccc(C2C(C(=O)CCc3ccccc3)=C(O)C(=O)N2C2CCCCC2)cc1. The van der Waals surface area contributed by atoms with Crippen molar-refractivity contribution < 1.29 is 14.7 Å². The third-order valence-electron chi connectivity index (χ3n) is 6.72. The highest BCUT2D eigenvalue weighted by Gasteiger charge is 2.46. The van der Waals surface area contributed by atoms with Crippen LogP contribution < -0.4 is 4.90 Å². The van der Waals surface area contributed by atoms with E-state index in [1.165, 1.54) is 6.42 Å². The monoisotopic (exact) mass is 432 g/mol. The van der Waals surface area contributed by atoms with Crippen LogP contribution >= 0.6 is 0 Å².